The van der Waals surface area contributed by atoms with Gasteiger partial charge in [0.25, 0.3) is 0 Å². The number of halogens is 3. The highest BCUT2D eigenvalue weighted by molar-refractivity contribution is 5.89. The molecule has 1 saturated heterocycles. The summed E-state index contributed by atoms with van der Waals surface area (Å²) >= 11 is 0. The van der Waals surface area contributed by atoms with Crippen molar-refractivity contribution in [1.29, 1.82) is 0 Å². The minimum Gasteiger partial charge on any atom is -0.355 e. The summed E-state index contributed by atoms with van der Waals surface area (Å²) in [4.78, 5) is 9.56. The lowest BCUT2D eigenvalue weighted by molar-refractivity contribution is -0.144. The molecule has 1 unspecified atom stereocenters. The van der Waals surface area contributed by atoms with Crippen LogP contribution in [0.3, 0.4) is 0 Å². The van der Waals surface area contributed by atoms with Gasteiger partial charge in [-0.3, -0.25) is 4.40 Å². The minimum absolute atomic E-state index is 0.0456. The number of rotatable bonds is 2. The maximum absolute atomic E-state index is 13.4. The van der Waals surface area contributed by atoms with Gasteiger partial charge in [-0.2, -0.15) is 13.2 Å². The molecule has 29 heavy (non-hydrogen) atoms. The van der Waals surface area contributed by atoms with Crippen molar-refractivity contribution in [3.8, 4) is 0 Å². The first-order chi connectivity index (χ1) is 14.0. The molecule has 4 heterocycles. The number of hydrogen-bond donors (Lipinski definition) is 0. The first-order valence-corrected chi connectivity index (χ1v) is 9.39. The van der Waals surface area contributed by atoms with Crippen LogP contribution in [0.25, 0.3) is 16.6 Å². The third-order valence-corrected chi connectivity index (χ3v) is 5.26. The van der Waals surface area contributed by atoms with E-state index < -0.39 is 12.0 Å². The lowest BCUT2D eigenvalue weighted by Gasteiger charge is -2.33. The molecule has 0 saturated carbocycles. The molecule has 1 aliphatic heterocycles. The van der Waals surface area contributed by atoms with E-state index in [0.29, 0.717) is 29.8 Å². The lowest BCUT2D eigenvalue weighted by Crippen LogP contribution is -2.36. The molecule has 9 heteroatoms. The van der Waals surface area contributed by atoms with Gasteiger partial charge in [-0.05, 0) is 37.1 Å². The number of piperidine rings is 1. The first-order valence-electron chi connectivity index (χ1n) is 9.39. The molecule has 0 radical (unpaired) electrons. The van der Waals surface area contributed by atoms with E-state index in [0.717, 1.165) is 24.3 Å². The van der Waals surface area contributed by atoms with Crippen molar-refractivity contribution < 1.29 is 13.2 Å². The molecule has 1 aliphatic rings. The van der Waals surface area contributed by atoms with Gasteiger partial charge in [-0.25, -0.2) is 9.97 Å². The molecule has 0 spiro atoms. The Morgan fingerprint density at radius 2 is 1.79 bits per heavy atom. The summed E-state index contributed by atoms with van der Waals surface area (Å²) in [6.45, 7) is 1.15. The minimum atomic E-state index is -4.60. The van der Waals surface area contributed by atoms with E-state index in [4.69, 9.17) is 0 Å². The second kappa shape index (κ2) is 6.68. The molecule has 148 valence electrons. The van der Waals surface area contributed by atoms with Crippen LogP contribution in [0.1, 0.15) is 30.4 Å². The zero-order valence-corrected chi connectivity index (χ0v) is 15.3. The molecule has 0 bridgehead atoms. The van der Waals surface area contributed by atoms with E-state index in [1.807, 2.05) is 33.7 Å². The molecule has 6 nitrogen and oxygen atoms in total. The number of alkyl halides is 3. The predicted molar refractivity (Wildman–Crippen MR) is 102 cm³/mol. The van der Waals surface area contributed by atoms with Gasteiger partial charge in [0.1, 0.15) is 11.6 Å². The maximum atomic E-state index is 13.4. The summed E-state index contributed by atoms with van der Waals surface area (Å²) in [6.07, 6.45) is -0.976. The van der Waals surface area contributed by atoms with Crippen molar-refractivity contribution in [1.82, 2.24) is 24.6 Å². The predicted octanol–water partition coefficient (Wildman–Crippen LogP) is 4.08. The van der Waals surface area contributed by atoms with Gasteiger partial charge in [0, 0.05) is 30.6 Å². The lowest BCUT2D eigenvalue weighted by atomic mass is 9.97. The van der Waals surface area contributed by atoms with Crippen LogP contribution in [0, 0.1) is 0 Å². The number of fused-ring (bicyclic) bond motifs is 2. The third kappa shape index (κ3) is 3.16. The van der Waals surface area contributed by atoms with Crippen LogP contribution in [0.4, 0.5) is 19.0 Å². The van der Waals surface area contributed by atoms with E-state index in [1.165, 1.54) is 0 Å². The Balaban J connectivity index is 1.56. The molecular weight excluding hydrogens is 381 g/mol. The van der Waals surface area contributed by atoms with Crippen molar-refractivity contribution in [2.75, 3.05) is 18.0 Å². The second-order valence-corrected chi connectivity index (χ2v) is 7.16. The summed E-state index contributed by atoms with van der Waals surface area (Å²) in [7, 11) is 0. The van der Waals surface area contributed by atoms with Gasteiger partial charge in [-0.15, -0.1) is 10.2 Å². The molecular formula is C20H17F3N6. The molecule has 0 N–H and O–H groups in total. The SMILES string of the molecule is FC(F)(F)c1nc(N2CCCC(c3nnc4ccccn34)C2)c2ccccc2n1. The highest BCUT2D eigenvalue weighted by Crippen LogP contribution is 2.35. The number of pyridine rings is 1. The quantitative estimate of drug-likeness (QED) is 0.509. The van der Waals surface area contributed by atoms with E-state index in [2.05, 4.69) is 20.2 Å². The molecule has 1 atom stereocenters. The summed E-state index contributed by atoms with van der Waals surface area (Å²) < 4.78 is 42.1. The smallest absolute Gasteiger partial charge is 0.355 e. The zero-order chi connectivity index (χ0) is 20.0. The van der Waals surface area contributed by atoms with E-state index in [-0.39, 0.29) is 5.92 Å². The molecule has 0 amide bonds. The number of anilines is 1. The summed E-state index contributed by atoms with van der Waals surface area (Å²) in [5.41, 5.74) is 1.05. The monoisotopic (exact) mass is 398 g/mol. The maximum Gasteiger partial charge on any atom is 0.451 e. The fraction of sp³-hybridized carbons (Fsp3) is 0.300. The summed E-state index contributed by atoms with van der Waals surface area (Å²) in [6, 6.07) is 12.5. The Labute approximate surface area is 164 Å². The van der Waals surface area contributed by atoms with Crippen molar-refractivity contribution in [3.63, 3.8) is 0 Å². The van der Waals surface area contributed by atoms with Crippen molar-refractivity contribution in [2.45, 2.75) is 24.9 Å². The molecule has 4 aromatic rings. The Kier molecular flexibility index (Phi) is 4.11. The van der Waals surface area contributed by atoms with Gasteiger partial charge in [-0.1, -0.05) is 18.2 Å². The number of para-hydroxylation sites is 1. The van der Waals surface area contributed by atoms with Crippen LogP contribution in [0.5, 0.6) is 0 Å². The fourth-order valence-corrected chi connectivity index (χ4v) is 3.95. The van der Waals surface area contributed by atoms with Gasteiger partial charge >= 0.3 is 6.18 Å². The van der Waals surface area contributed by atoms with Gasteiger partial charge in [0.15, 0.2) is 5.65 Å². The summed E-state index contributed by atoms with van der Waals surface area (Å²) in [5.74, 6) is 0.0756. The van der Waals surface area contributed by atoms with Crippen molar-refractivity contribution >= 4 is 22.4 Å². The van der Waals surface area contributed by atoms with Crippen LogP contribution >= 0.6 is 0 Å². The summed E-state index contributed by atoms with van der Waals surface area (Å²) in [5, 5.41) is 9.17. The molecule has 3 aromatic heterocycles. The van der Waals surface area contributed by atoms with E-state index in [9.17, 15) is 13.2 Å². The highest BCUT2D eigenvalue weighted by Gasteiger charge is 2.36. The van der Waals surface area contributed by atoms with Crippen LogP contribution in [0.2, 0.25) is 0 Å². The standard InChI is InChI=1S/C20H17F3N6/c21-20(22,23)19-24-15-8-2-1-7-14(15)18(25-19)28-10-5-6-13(12-28)17-27-26-16-9-3-4-11-29(16)17/h1-4,7-9,11,13H,5-6,10,12H2. The number of hydrogen-bond acceptors (Lipinski definition) is 5. The van der Waals surface area contributed by atoms with Crippen molar-refractivity contribution in [3.05, 3.63) is 60.3 Å². The van der Waals surface area contributed by atoms with E-state index in [1.54, 1.807) is 24.3 Å². The average molecular weight is 398 g/mol. The van der Waals surface area contributed by atoms with Crippen LogP contribution in [-0.2, 0) is 6.18 Å². The molecule has 0 aliphatic carbocycles. The number of benzene rings is 1. The van der Waals surface area contributed by atoms with Gasteiger partial charge in [0.05, 0.1) is 5.52 Å². The Morgan fingerprint density at radius 3 is 2.66 bits per heavy atom. The van der Waals surface area contributed by atoms with Crippen LogP contribution in [0.15, 0.2) is 48.7 Å². The van der Waals surface area contributed by atoms with Gasteiger partial charge < -0.3 is 4.90 Å². The first kappa shape index (κ1) is 17.8. The fourth-order valence-electron chi connectivity index (χ4n) is 3.95. The molecule has 1 aromatic carbocycles. The average Bonchev–Trinajstić information content (AvgIpc) is 3.16. The van der Waals surface area contributed by atoms with Gasteiger partial charge in [0.2, 0.25) is 5.82 Å². The molecule has 5 rings (SSSR count). The largest absolute Gasteiger partial charge is 0.451 e. The van der Waals surface area contributed by atoms with E-state index >= 15 is 0 Å². The number of aromatic nitrogens is 5. The topological polar surface area (TPSA) is 59.2 Å². The molecule has 1 fully saturated rings. The highest BCUT2D eigenvalue weighted by atomic mass is 19.4. The van der Waals surface area contributed by atoms with Crippen LogP contribution < -0.4 is 4.90 Å². The third-order valence-electron chi connectivity index (χ3n) is 5.26. The number of nitrogens with zero attached hydrogens (tertiary/aromatic N) is 6. The Bertz CT molecular complexity index is 1190. The van der Waals surface area contributed by atoms with Crippen LogP contribution in [-0.4, -0.2) is 37.7 Å². The normalized spacial score (nSPS) is 17.9. The van der Waals surface area contributed by atoms with Crippen molar-refractivity contribution in [2.24, 2.45) is 0 Å². The zero-order valence-electron chi connectivity index (χ0n) is 15.3. The Hall–Kier alpha value is -3.23. The second-order valence-electron chi connectivity index (χ2n) is 7.16. The Morgan fingerprint density at radius 1 is 0.966 bits per heavy atom.